The maximum absolute atomic E-state index is 15.1. The molecule has 0 aliphatic carbocycles. The van der Waals surface area contributed by atoms with Crippen molar-refractivity contribution in [3.05, 3.63) is 70.3 Å². The third-order valence-electron chi connectivity index (χ3n) is 8.04. The molecule has 0 aromatic heterocycles. The summed E-state index contributed by atoms with van der Waals surface area (Å²) in [4.78, 5) is 47.6. The lowest BCUT2D eigenvalue weighted by Crippen LogP contribution is -2.56. The lowest BCUT2D eigenvalue weighted by atomic mass is 9.99. The topological polar surface area (TPSA) is 82.1 Å². The molecule has 2 aromatic carbocycles. The first-order chi connectivity index (χ1) is 18.7. The summed E-state index contributed by atoms with van der Waals surface area (Å²) in [7, 11) is 0. The van der Waals surface area contributed by atoms with E-state index in [1.165, 1.54) is 10.5 Å². The van der Waals surface area contributed by atoms with Crippen molar-refractivity contribution < 1.29 is 18.8 Å². The van der Waals surface area contributed by atoms with Crippen LogP contribution < -0.4 is 5.32 Å². The van der Waals surface area contributed by atoms with Crippen LogP contribution in [0.1, 0.15) is 65.1 Å². The Morgan fingerprint density at radius 3 is 2.64 bits per heavy atom. The molecule has 5 unspecified atom stereocenters. The summed E-state index contributed by atoms with van der Waals surface area (Å²) < 4.78 is 15.1. The lowest BCUT2D eigenvalue weighted by molar-refractivity contribution is -0.144. The van der Waals surface area contributed by atoms with Crippen LogP contribution in [0, 0.1) is 12.8 Å². The van der Waals surface area contributed by atoms with Gasteiger partial charge in [-0.05, 0) is 54.5 Å². The average Bonchev–Trinajstić information content (AvgIpc) is 3.60. The fourth-order valence-electron chi connectivity index (χ4n) is 5.88. The van der Waals surface area contributed by atoms with E-state index in [-0.39, 0.29) is 48.5 Å². The first-order valence-electron chi connectivity index (χ1n) is 13.5. The zero-order valence-corrected chi connectivity index (χ0v) is 23.6. The summed E-state index contributed by atoms with van der Waals surface area (Å²) >= 11 is 1.70. The number of aliphatic imine (C=N–C) groups is 1. The summed E-state index contributed by atoms with van der Waals surface area (Å²) in [5, 5.41) is 3.15. The van der Waals surface area contributed by atoms with Crippen LogP contribution in [0.4, 0.5) is 4.39 Å². The number of halogens is 1. The second kappa shape index (κ2) is 11.1. The molecular weight excluding hydrogens is 515 g/mol. The summed E-state index contributed by atoms with van der Waals surface area (Å²) in [6.45, 7) is 8.55. The Morgan fingerprint density at radius 1 is 1.21 bits per heavy atom. The van der Waals surface area contributed by atoms with Gasteiger partial charge in [0.15, 0.2) is 0 Å². The zero-order chi connectivity index (χ0) is 27.8. The third kappa shape index (κ3) is 5.21. The van der Waals surface area contributed by atoms with E-state index < -0.39 is 24.2 Å². The highest BCUT2D eigenvalue weighted by Crippen LogP contribution is 2.37. The molecule has 5 atom stereocenters. The highest BCUT2D eigenvalue weighted by atomic mass is 32.2. The van der Waals surface area contributed by atoms with E-state index in [0.29, 0.717) is 12.1 Å². The van der Waals surface area contributed by atoms with E-state index >= 15 is 4.39 Å². The van der Waals surface area contributed by atoms with Gasteiger partial charge in [0.05, 0.1) is 16.8 Å². The van der Waals surface area contributed by atoms with Crippen molar-refractivity contribution in [1.29, 1.82) is 0 Å². The number of likely N-dealkylation sites (tertiary alicyclic amines) is 1. The van der Waals surface area contributed by atoms with Crippen LogP contribution in [0.5, 0.6) is 0 Å². The number of aryl methyl sites for hydroxylation is 1. The standard InChI is InChI=1S/C30H35FN4O3S/c1-17(2)25(35-15-22-7-5-6-8-23(22)29(35)37)30(38)34-12-11-24(31)26(34)28(36)32-14-21-10-9-20(13-18(21)3)27-19(4)33-16-39-27/h5-10,13,16-17,19,24-27H,11-12,14-15H2,1-4H3,(H,32,36). The Bertz CT molecular complexity index is 1310. The number of nitrogens with zero attached hydrogens (tertiary/aromatic N) is 3. The van der Waals surface area contributed by atoms with E-state index in [1.807, 2.05) is 44.5 Å². The highest BCUT2D eigenvalue weighted by molar-refractivity contribution is 8.12. The summed E-state index contributed by atoms with van der Waals surface area (Å²) in [6, 6.07) is 11.7. The summed E-state index contributed by atoms with van der Waals surface area (Å²) in [6.07, 6.45) is -1.37. The van der Waals surface area contributed by atoms with E-state index in [9.17, 15) is 14.4 Å². The van der Waals surface area contributed by atoms with Crippen LogP contribution in [-0.2, 0) is 22.7 Å². The fraction of sp³-hybridized carbons (Fsp3) is 0.467. The number of fused-ring (bicyclic) bond motifs is 1. The van der Waals surface area contributed by atoms with Crippen molar-refractivity contribution in [2.75, 3.05) is 6.54 Å². The monoisotopic (exact) mass is 550 g/mol. The zero-order valence-electron chi connectivity index (χ0n) is 22.8. The maximum atomic E-state index is 15.1. The van der Waals surface area contributed by atoms with Gasteiger partial charge in [-0.1, -0.05) is 50.2 Å². The van der Waals surface area contributed by atoms with Gasteiger partial charge in [0.2, 0.25) is 11.8 Å². The Balaban J connectivity index is 1.28. The molecule has 39 heavy (non-hydrogen) atoms. The number of amides is 3. The molecule has 9 heteroatoms. The largest absolute Gasteiger partial charge is 0.350 e. The first-order valence-corrected chi connectivity index (χ1v) is 14.5. The van der Waals surface area contributed by atoms with Crippen molar-refractivity contribution in [2.24, 2.45) is 10.9 Å². The lowest BCUT2D eigenvalue weighted by Gasteiger charge is -2.35. The van der Waals surface area contributed by atoms with Gasteiger partial charge in [0.25, 0.3) is 5.91 Å². The van der Waals surface area contributed by atoms with Gasteiger partial charge in [-0.3, -0.25) is 19.4 Å². The molecular formula is C30H35FN4O3S. The normalized spacial score (nSPS) is 24.9. The fourth-order valence-corrected chi connectivity index (χ4v) is 6.88. The van der Waals surface area contributed by atoms with Gasteiger partial charge in [0, 0.05) is 25.2 Å². The van der Waals surface area contributed by atoms with Gasteiger partial charge >= 0.3 is 0 Å². The molecule has 3 aliphatic heterocycles. The number of hydrogen-bond acceptors (Lipinski definition) is 5. The van der Waals surface area contributed by atoms with Crippen LogP contribution in [0.15, 0.2) is 47.5 Å². The first kappa shape index (κ1) is 27.4. The maximum Gasteiger partial charge on any atom is 0.255 e. The van der Waals surface area contributed by atoms with Crippen LogP contribution in [0.2, 0.25) is 0 Å². The Kier molecular flexibility index (Phi) is 7.80. The van der Waals surface area contributed by atoms with Gasteiger partial charge < -0.3 is 15.1 Å². The van der Waals surface area contributed by atoms with Crippen LogP contribution in [0.3, 0.4) is 0 Å². The predicted octanol–water partition coefficient (Wildman–Crippen LogP) is 4.44. The quantitative estimate of drug-likeness (QED) is 0.553. The van der Waals surface area contributed by atoms with E-state index in [0.717, 1.165) is 16.7 Å². The van der Waals surface area contributed by atoms with E-state index in [4.69, 9.17) is 0 Å². The third-order valence-corrected chi connectivity index (χ3v) is 9.24. The molecule has 1 N–H and O–H groups in total. The smallest absolute Gasteiger partial charge is 0.255 e. The predicted molar refractivity (Wildman–Crippen MR) is 151 cm³/mol. The van der Waals surface area contributed by atoms with Crippen LogP contribution in [-0.4, -0.2) is 63.9 Å². The van der Waals surface area contributed by atoms with Crippen LogP contribution >= 0.6 is 11.8 Å². The van der Waals surface area contributed by atoms with Crippen LogP contribution in [0.25, 0.3) is 0 Å². The average molecular weight is 551 g/mol. The summed E-state index contributed by atoms with van der Waals surface area (Å²) in [5.74, 6) is -1.29. The SMILES string of the molecule is Cc1cc(C2SC=NC2C)ccc1CNC(=O)C1C(F)CCN1C(=O)C(C(C)C)N1Cc2ccccc2C1=O. The molecule has 2 aromatic rings. The van der Waals surface area contributed by atoms with Crippen molar-refractivity contribution in [3.63, 3.8) is 0 Å². The van der Waals surface area contributed by atoms with Crippen molar-refractivity contribution in [2.45, 2.75) is 76.8 Å². The van der Waals surface area contributed by atoms with E-state index in [1.54, 1.807) is 28.8 Å². The molecule has 7 nitrogen and oxygen atoms in total. The Hall–Kier alpha value is -3.20. The van der Waals surface area contributed by atoms with Crippen molar-refractivity contribution >= 4 is 35.0 Å². The van der Waals surface area contributed by atoms with Crippen molar-refractivity contribution in [1.82, 2.24) is 15.1 Å². The number of rotatable bonds is 7. The number of thioether (sulfide) groups is 1. The molecule has 3 aliphatic rings. The number of carbonyl (C=O) groups is 3. The minimum Gasteiger partial charge on any atom is -0.350 e. The molecule has 3 heterocycles. The highest BCUT2D eigenvalue weighted by Gasteiger charge is 2.47. The van der Waals surface area contributed by atoms with Gasteiger partial charge in [-0.25, -0.2) is 4.39 Å². The number of benzene rings is 2. The molecule has 206 valence electrons. The summed E-state index contributed by atoms with van der Waals surface area (Å²) in [5.41, 5.74) is 6.52. The molecule has 0 radical (unpaired) electrons. The minimum absolute atomic E-state index is 0.0931. The molecule has 5 rings (SSSR count). The molecule has 1 fully saturated rings. The van der Waals surface area contributed by atoms with Gasteiger partial charge in [-0.15, -0.1) is 11.8 Å². The molecule has 0 bridgehead atoms. The molecule has 1 saturated heterocycles. The molecule has 3 amide bonds. The Labute approximate surface area is 233 Å². The molecule has 0 spiro atoms. The number of carbonyl (C=O) groups excluding carboxylic acids is 3. The number of alkyl halides is 1. The van der Waals surface area contributed by atoms with Gasteiger partial charge in [-0.2, -0.15) is 0 Å². The Morgan fingerprint density at radius 2 is 1.97 bits per heavy atom. The van der Waals surface area contributed by atoms with Crippen molar-refractivity contribution in [3.8, 4) is 0 Å². The number of hydrogen-bond donors (Lipinski definition) is 1. The number of nitrogens with one attached hydrogen (secondary N) is 1. The van der Waals surface area contributed by atoms with Gasteiger partial charge in [0.1, 0.15) is 18.3 Å². The second-order valence-electron chi connectivity index (χ2n) is 11.0. The molecule has 0 saturated carbocycles. The second-order valence-corrected chi connectivity index (χ2v) is 12.0. The minimum atomic E-state index is -1.46. The van der Waals surface area contributed by atoms with E-state index in [2.05, 4.69) is 29.4 Å².